The van der Waals surface area contributed by atoms with Gasteiger partial charge in [-0.3, -0.25) is 4.79 Å². The van der Waals surface area contributed by atoms with Crippen LogP contribution < -0.4 is 0 Å². The summed E-state index contributed by atoms with van der Waals surface area (Å²) in [5.74, 6) is -0.305. The van der Waals surface area contributed by atoms with Crippen LogP contribution in [-0.2, 0) is 14.0 Å². The molecule has 0 spiro atoms. The molecule has 152 valence electrons. The van der Waals surface area contributed by atoms with Crippen molar-refractivity contribution < 1.29 is 18.8 Å². The molecule has 7 heteroatoms. The molecular formula is C19H38N2O4Si. The molecule has 0 aromatic carbocycles. The molecule has 1 atom stereocenters. The van der Waals surface area contributed by atoms with Gasteiger partial charge in [-0.15, -0.1) is 0 Å². The second kappa shape index (κ2) is 9.44. The van der Waals surface area contributed by atoms with Gasteiger partial charge in [0.15, 0.2) is 0 Å². The van der Waals surface area contributed by atoms with Crippen LogP contribution in [-0.4, -0.2) is 62.4 Å². The van der Waals surface area contributed by atoms with Crippen LogP contribution in [0.1, 0.15) is 48.5 Å². The lowest BCUT2D eigenvalue weighted by atomic mass is 10.2. The summed E-state index contributed by atoms with van der Waals surface area (Å²) in [7, 11) is 1.27. The Morgan fingerprint density at radius 3 is 1.81 bits per heavy atom. The summed E-state index contributed by atoms with van der Waals surface area (Å²) in [5.41, 5.74) is 0. The van der Waals surface area contributed by atoms with E-state index in [0.29, 0.717) is 0 Å². The average Bonchev–Trinajstić information content (AvgIpc) is 2.42. The Hall–Kier alpha value is -1.50. The van der Waals surface area contributed by atoms with Crippen molar-refractivity contribution in [3.05, 3.63) is 12.3 Å². The molecule has 0 saturated heterocycles. The van der Waals surface area contributed by atoms with Crippen molar-refractivity contribution in [2.75, 3.05) is 14.1 Å². The highest BCUT2D eigenvalue weighted by Crippen LogP contribution is 2.36. The van der Waals surface area contributed by atoms with E-state index in [1.165, 1.54) is 17.2 Å². The molecule has 0 saturated carbocycles. The highest BCUT2D eigenvalue weighted by molar-refractivity contribution is 6.74. The Labute approximate surface area is 160 Å². The summed E-state index contributed by atoms with van der Waals surface area (Å²) >= 11 is 0. The Morgan fingerprint density at radius 2 is 1.46 bits per heavy atom. The van der Waals surface area contributed by atoms with Crippen LogP contribution in [0, 0.1) is 0 Å². The molecule has 0 radical (unpaired) electrons. The monoisotopic (exact) mass is 386 g/mol. The summed E-state index contributed by atoms with van der Waals surface area (Å²) in [6.07, 6.45) is 1.53. The molecule has 0 aliphatic heterocycles. The second-order valence-corrected chi connectivity index (χ2v) is 13.6. The van der Waals surface area contributed by atoms with Gasteiger partial charge < -0.3 is 19.0 Å². The predicted octanol–water partition coefficient (Wildman–Crippen LogP) is 4.23. The third-order valence-electron chi connectivity index (χ3n) is 4.66. The molecule has 0 fully saturated rings. The van der Waals surface area contributed by atoms with Crippen molar-refractivity contribution in [3.8, 4) is 0 Å². The van der Waals surface area contributed by atoms with Crippen LogP contribution in [0.3, 0.4) is 0 Å². The number of carbonyl (C=O) groups excluding carboxylic acids is 2. The minimum absolute atomic E-state index is 0.0231. The highest BCUT2D eigenvalue weighted by atomic mass is 28.4. The van der Waals surface area contributed by atoms with E-state index in [4.69, 9.17) is 9.16 Å². The lowest BCUT2D eigenvalue weighted by Crippen LogP contribution is -2.46. The maximum absolute atomic E-state index is 12.5. The van der Waals surface area contributed by atoms with Gasteiger partial charge in [0, 0.05) is 26.2 Å². The van der Waals surface area contributed by atoms with Crippen LogP contribution in [0.2, 0.25) is 18.1 Å². The Morgan fingerprint density at radius 1 is 1.00 bits per heavy atom. The number of nitrogens with zero attached hydrogens (tertiary/aromatic N) is 2. The van der Waals surface area contributed by atoms with Gasteiger partial charge in [0.2, 0.25) is 14.4 Å². The molecule has 26 heavy (non-hydrogen) atoms. The fourth-order valence-electron chi connectivity index (χ4n) is 2.07. The fraction of sp³-hybridized carbons (Fsp3) is 0.789. The van der Waals surface area contributed by atoms with Crippen LogP contribution in [0.4, 0.5) is 4.79 Å². The number of likely N-dealkylation sites (N-methyl/N-ethyl adjacent to an activating group) is 1. The summed E-state index contributed by atoms with van der Waals surface area (Å²) in [6.45, 7) is 18.3. The Kier molecular flexibility index (Phi) is 8.89. The van der Waals surface area contributed by atoms with E-state index in [-0.39, 0.29) is 23.0 Å². The van der Waals surface area contributed by atoms with E-state index in [2.05, 4.69) is 33.9 Å². The van der Waals surface area contributed by atoms with Crippen molar-refractivity contribution in [2.24, 2.45) is 0 Å². The van der Waals surface area contributed by atoms with Gasteiger partial charge >= 0.3 is 6.09 Å². The maximum Gasteiger partial charge on any atom is 0.411 e. The van der Waals surface area contributed by atoms with Gasteiger partial charge in [-0.1, -0.05) is 20.8 Å². The number of amides is 2. The zero-order chi connectivity index (χ0) is 20.9. The maximum atomic E-state index is 12.5. The zero-order valence-electron chi connectivity index (χ0n) is 18.4. The van der Waals surface area contributed by atoms with Gasteiger partial charge in [0.05, 0.1) is 6.26 Å². The molecule has 0 aliphatic rings. The molecule has 0 N–H and O–H groups in total. The minimum Gasteiger partial charge on any atom is -0.549 e. The van der Waals surface area contributed by atoms with Crippen molar-refractivity contribution >= 4 is 20.3 Å². The largest absolute Gasteiger partial charge is 0.549 e. The first-order chi connectivity index (χ1) is 11.6. The molecular weight excluding hydrogens is 348 g/mol. The molecule has 0 aromatic heterocycles. The Balaban J connectivity index is 5.35. The average molecular weight is 387 g/mol. The lowest BCUT2D eigenvalue weighted by molar-refractivity contribution is -0.136. The number of ether oxygens (including phenoxy) is 1. The van der Waals surface area contributed by atoms with E-state index < -0.39 is 20.5 Å². The van der Waals surface area contributed by atoms with Gasteiger partial charge in [-0.05, 0) is 51.9 Å². The normalized spacial score (nSPS) is 13.9. The zero-order valence-corrected chi connectivity index (χ0v) is 19.4. The quantitative estimate of drug-likeness (QED) is 0.485. The van der Waals surface area contributed by atoms with E-state index >= 15 is 0 Å². The van der Waals surface area contributed by atoms with E-state index in [1.54, 1.807) is 19.0 Å². The molecule has 6 nitrogen and oxygen atoms in total. The number of rotatable bonds is 7. The molecule has 0 bridgehead atoms. The van der Waals surface area contributed by atoms with Crippen molar-refractivity contribution in [2.45, 2.75) is 84.8 Å². The summed E-state index contributed by atoms with van der Waals surface area (Å²) in [4.78, 5) is 28.0. The lowest BCUT2D eigenvalue weighted by Gasteiger charge is -2.35. The molecule has 0 aromatic rings. The third kappa shape index (κ3) is 7.01. The van der Waals surface area contributed by atoms with Gasteiger partial charge in [-0.2, -0.15) is 0 Å². The SMILES string of the molecule is CC(C)N(C(=O)OC(/C=C/O[Si](C)(C)C(C)(C)C)C(=O)N(C)C)C(C)C. The first-order valence-corrected chi connectivity index (χ1v) is 12.1. The van der Waals surface area contributed by atoms with E-state index in [9.17, 15) is 9.59 Å². The summed E-state index contributed by atoms with van der Waals surface area (Å²) in [5, 5.41) is 0.0428. The topological polar surface area (TPSA) is 59.1 Å². The van der Waals surface area contributed by atoms with Crippen LogP contribution in [0.25, 0.3) is 0 Å². The Bertz CT molecular complexity index is 500. The van der Waals surface area contributed by atoms with Crippen molar-refractivity contribution in [1.29, 1.82) is 0 Å². The van der Waals surface area contributed by atoms with Gasteiger partial charge in [-0.25, -0.2) is 4.79 Å². The van der Waals surface area contributed by atoms with Crippen molar-refractivity contribution in [1.82, 2.24) is 9.80 Å². The van der Waals surface area contributed by atoms with E-state index in [0.717, 1.165) is 0 Å². The first kappa shape index (κ1) is 24.5. The van der Waals surface area contributed by atoms with Crippen LogP contribution in [0.5, 0.6) is 0 Å². The number of hydrogen-bond acceptors (Lipinski definition) is 4. The number of hydrogen-bond donors (Lipinski definition) is 0. The minimum atomic E-state index is -1.99. The van der Waals surface area contributed by atoms with Crippen LogP contribution in [0.15, 0.2) is 12.3 Å². The van der Waals surface area contributed by atoms with E-state index in [1.807, 2.05) is 27.7 Å². The van der Waals surface area contributed by atoms with Crippen molar-refractivity contribution in [3.63, 3.8) is 0 Å². The molecule has 0 rings (SSSR count). The van der Waals surface area contributed by atoms with Gasteiger partial charge in [0.1, 0.15) is 0 Å². The second-order valence-electron chi connectivity index (χ2n) is 8.84. The smallest absolute Gasteiger partial charge is 0.411 e. The van der Waals surface area contributed by atoms with Gasteiger partial charge in [0.25, 0.3) is 5.91 Å². The first-order valence-electron chi connectivity index (χ1n) is 9.16. The third-order valence-corrected chi connectivity index (χ3v) is 9.00. The fourth-order valence-corrected chi connectivity index (χ4v) is 2.84. The summed E-state index contributed by atoms with van der Waals surface area (Å²) in [6, 6.07) is -0.0462. The molecule has 0 aliphatic carbocycles. The molecule has 2 amide bonds. The highest BCUT2D eigenvalue weighted by Gasteiger charge is 2.38. The van der Waals surface area contributed by atoms with Crippen LogP contribution >= 0.6 is 0 Å². The summed E-state index contributed by atoms with van der Waals surface area (Å²) < 4.78 is 11.5. The predicted molar refractivity (Wildman–Crippen MR) is 108 cm³/mol. The number of carbonyl (C=O) groups is 2. The molecule has 0 heterocycles. The molecule has 1 unspecified atom stereocenters. The standard InChI is InChI=1S/C19H38N2O4Si/c1-14(2)21(15(3)4)18(23)25-16(17(22)20(8)9)12-13-24-26(10,11)19(5,6)7/h12-16H,1-11H3/b13-12+.